The summed E-state index contributed by atoms with van der Waals surface area (Å²) in [5.41, 5.74) is 2.49. The molecule has 0 saturated carbocycles. The first-order chi connectivity index (χ1) is 15.1. The number of carbonyl (C=O) groups excluding carboxylic acids is 3. The highest BCUT2D eigenvalue weighted by molar-refractivity contribution is 7.94. The summed E-state index contributed by atoms with van der Waals surface area (Å²) in [7, 11) is -3.92. The summed E-state index contributed by atoms with van der Waals surface area (Å²) in [5.74, 6) is -2.08. The van der Waals surface area contributed by atoms with E-state index in [9.17, 15) is 27.2 Å². The Morgan fingerprint density at radius 1 is 1.16 bits per heavy atom. The zero-order valence-electron chi connectivity index (χ0n) is 16.9. The number of fused-ring (bicyclic) bond motifs is 1. The summed E-state index contributed by atoms with van der Waals surface area (Å²) in [4.78, 5) is 42.8. The number of aromatic nitrogens is 1. The van der Waals surface area contributed by atoms with Crippen LogP contribution in [-0.2, 0) is 32.3 Å². The number of amides is 2. The van der Waals surface area contributed by atoms with Crippen LogP contribution in [0.15, 0.2) is 52.9 Å². The summed E-state index contributed by atoms with van der Waals surface area (Å²) < 4.78 is 37.3. The van der Waals surface area contributed by atoms with Gasteiger partial charge in [0.1, 0.15) is 15.8 Å². The van der Waals surface area contributed by atoms with Gasteiger partial charge in [0.05, 0.1) is 6.42 Å². The Labute approximate surface area is 187 Å². The predicted octanol–water partition coefficient (Wildman–Crippen LogP) is 2.91. The molecule has 0 radical (unpaired) electrons. The van der Waals surface area contributed by atoms with Crippen LogP contribution in [0.25, 0.3) is 0 Å². The second-order valence-corrected chi connectivity index (χ2v) is 10.7. The van der Waals surface area contributed by atoms with Gasteiger partial charge < -0.3 is 0 Å². The highest BCUT2D eigenvalue weighted by atomic mass is 32.2. The zero-order chi connectivity index (χ0) is 23.0. The molecule has 2 amide bonds. The van der Waals surface area contributed by atoms with Crippen molar-refractivity contribution in [2.45, 2.75) is 24.0 Å². The first-order valence-corrected chi connectivity index (χ1v) is 12.0. The molecule has 1 aromatic carbocycles. The number of sulfone groups is 1. The average Bonchev–Trinajstić information content (AvgIpc) is 3.16. The Bertz CT molecular complexity index is 1350. The van der Waals surface area contributed by atoms with E-state index in [1.54, 1.807) is 12.1 Å². The molecule has 164 valence electrons. The number of ketones is 1. The number of Topliss-reactive ketones (excluding diaryl/α,β-unsaturated/α-hetero) is 1. The van der Waals surface area contributed by atoms with Crippen LogP contribution < -0.4 is 4.90 Å². The number of benzene rings is 1. The van der Waals surface area contributed by atoms with Crippen LogP contribution in [-0.4, -0.2) is 36.8 Å². The van der Waals surface area contributed by atoms with Crippen LogP contribution in [0.3, 0.4) is 0 Å². The number of pyridine rings is 1. The fraction of sp³-hybridized carbons (Fsp3) is 0.182. The van der Waals surface area contributed by atoms with Crippen LogP contribution in [0.2, 0.25) is 0 Å². The molecule has 4 rings (SSSR count). The lowest BCUT2D eigenvalue weighted by atomic mass is 9.96. The number of anilines is 1. The van der Waals surface area contributed by atoms with Crippen molar-refractivity contribution in [2.24, 2.45) is 0 Å². The van der Waals surface area contributed by atoms with Crippen molar-refractivity contribution >= 4 is 44.6 Å². The van der Waals surface area contributed by atoms with E-state index in [1.807, 2.05) is 13.0 Å². The first-order valence-electron chi connectivity index (χ1n) is 9.55. The van der Waals surface area contributed by atoms with Crippen molar-refractivity contribution in [3.63, 3.8) is 0 Å². The SMILES string of the molecule is Cc1ccc2c(c1)CC(=O)N(c1ccc(CC(=O)CS(=O)(=O)c3ccc(F)s3)cn1)C2=O. The van der Waals surface area contributed by atoms with Crippen molar-refractivity contribution < 1.29 is 27.2 Å². The second-order valence-electron chi connectivity index (χ2n) is 7.43. The third kappa shape index (κ3) is 4.37. The maximum Gasteiger partial charge on any atom is 0.266 e. The minimum atomic E-state index is -3.92. The van der Waals surface area contributed by atoms with Crippen molar-refractivity contribution in [1.29, 1.82) is 0 Å². The van der Waals surface area contributed by atoms with E-state index < -0.39 is 38.3 Å². The molecule has 32 heavy (non-hydrogen) atoms. The normalized spacial score (nSPS) is 13.9. The number of hydrogen-bond acceptors (Lipinski definition) is 7. The Kier molecular flexibility index (Phi) is 5.74. The third-order valence-corrected chi connectivity index (χ3v) is 8.06. The van der Waals surface area contributed by atoms with Gasteiger partial charge in [0, 0.05) is 18.2 Å². The maximum atomic E-state index is 13.1. The molecule has 0 aliphatic carbocycles. The molecule has 7 nitrogen and oxygen atoms in total. The summed E-state index contributed by atoms with van der Waals surface area (Å²) >= 11 is 0.468. The van der Waals surface area contributed by atoms with Gasteiger partial charge in [-0.3, -0.25) is 14.4 Å². The summed E-state index contributed by atoms with van der Waals surface area (Å²) in [6.07, 6.45) is 1.20. The standard InChI is InChI=1S/C22H17FN2O5S2/c1-13-2-4-17-15(8-13)10-20(27)25(22(17)28)19-6-3-14(11-24-19)9-16(26)12-32(29,30)21-7-5-18(23)31-21/h2-8,11H,9-10,12H2,1H3. The molecule has 0 fully saturated rings. The summed E-state index contributed by atoms with van der Waals surface area (Å²) in [6.45, 7) is 1.88. The fourth-order valence-electron chi connectivity index (χ4n) is 3.47. The van der Waals surface area contributed by atoms with Crippen LogP contribution >= 0.6 is 11.3 Å². The second kappa shape index (κ2) is 8.36. The Morgan fingerprint density at radius 3 is 2.59 bits per heavy atom. The Morgan fingerprint density at radius 2 is 1.94 bits per heavy atom. The van der Waals surface area contributed by atoms with Crippen molar-refractivity contribution in [1.82, 2.24) is 4.98 Å². The molecule has 0 N–H and O–H groups in total. The highest BCUT2D eigenvalue weighted by Crippen LogP contribution is 2.25. The van der Waals surface area contributed by atoms with Gasteiger partial charge in [-0.25, -0.2) is 18.3 Å². The molecule has 1 aliphatic rings. The fourth-order valence-corrected chi connectivity index (χ4v) is 5.80. The molecule has 2 aromatic heterocycles. The van der Waals surface area contributed by atoms with E-state index in [-0.39, 0.29) is 22.9 Å². The number of imide groups is 1. The summed E-state index contributed by atoms with van der Waals surface area (Å²) in [6, 6.07) is 10.4. The van der Waals surface area contributed by atoms with Crippen LogP contribution in [0.4, 0.5) is 10.2 Å². The number of carbonyl (C=O) groups is 3. The third-order valence-electron chi connectivity index (χ3n) is 4.93. The molecule has 0 spiro atoms. The minimum absolute atomic E-state index is 0.0752. The topological polar surface area (TPSA) is 101 Å². The lowest BCUT2D eigenvalue weighted by Gasteiger charge is -2.26. The molecule has 0 saturated heterocycles. The van der Waals surface area contributed by atoms with Gasteiger partial charge in [-0.1, -0.05) is 35.1 Å². The van der Waals surface area contributed by atoms with Gasteiger partial charge in [0.15, 0.2) is 20.8 Å². The molecule has 10 heteroatoms. The average molecular weight is 473 g/mol. The first kappa shape index (κ1) is 22.0. The molecule has 3 aromatic rings. The van der Waals surface area contributed by atoms with Gasteiger partial charge >= 0.3 is 0 Å². The molecule has 0 atom stereocenters. The molecular formula is C22H17FN2O5S2. The predicted molar refractivity (Wildman–Crippen MR) is 116 cm³/mol. The number of halogens is 1. The molecule has 1 aliphatic heterocycles. The molecule has 0 unspecified atom stereocenters. The quantitative estimate of drug-likeness (QED) is 0.512. The van der Waals surface area contributed by atoms with Gasteiger partial charge in [0.2, 0.25) is 5.91 Å². The smallest absolute Gasteiger partial charge is 0.266 e. The van der Waals surface area contributed by atoms with Crippen LogP contribution in [0, 0.1) is 12.1 Å². The van der Waals surface area contributed by atoms with E-state index in [0.29, 0.717) is 28.0 Å². The van der Waals surface area contributed by atoms with E-state index >= 15 is 0 Å². The van der Waals surface area contributed by atoms with E-state index in [2.05, 4.69) is 4.98 Å². The number of nitrogens with zero attached hydrogens (tertiary/aromatic N) is 2. The molecule has 0 bridgehead atoms. The molecule has 3 heterocycles. The highest BCUT2D eigenvalue weighted by Gasteiger charge is 2.33. The molecular weight excluding hydrogens is 455 g/mol. The van der Waals surface area contributed by atoms with E-state index in [1.165, 1.54) is 18.3 Å². The number of aryl methyl sites for hydroxylation is 1. The van der Waals surface area contributed by atoms with E-state index in [4.69, 9.17) is 0 Å². The summed E-state index contributed by atoms with van der Waals surface area (Å²) in [5, 5.41) is -0.643. The van der Waals surface area contributed by atoms with Gasteiger partial charge in [0.25, 0.3) is 5.91 Å². The maximum absolute atomic E-state index is 13.1. The van der Waals surface area contributed by atoms with Crippen molar-refractivity contribution in [3.8, 4) is 0 Å². The number of rotatable bonds is 6. The van der Waals surface area contributed by atoms with Gasteiger partial charge in [-0.05, 0) is 42.3 Å². The number of thiophene rings is 1. The van der Waals surface area contributed by atoms with Gasteiger partial charge in [-0.2, -0.15) is 4.39 Å². The lowest BCUT2D eigenvalue weighted by molar-refractivity contribution is -0.118. The van der Waals surface area contributed by atoms with Crippen LogP contribution in [0.1, 0.15) is 27.0 Å². The van der Waals surface area contributed by atoms with Crippen LogP contribution in [0.5, 0.6) is 0 Å². The number of hydrogen-bond donors (Lipinski definition) is 0. The monoisotopic (exact) mass is 472 g/mol. The Hall–Kier alpha value is -3.24. The van der Waals surface area contributed by atoms with Crippen molar-refractivity contribution in [3.05, 3.63) is 76.0 Å². The lowest BCUT2D eigenvalue weighted by Crippen LogP contribution is -2.43. The van der Waals surface area contributed by atoms with Gasteiger partial charge in [-0.15, -0.1) is 0 Å². The largest absolute Gasteiger partial charge is 0.298 e. The zero-order valence-corrected chi connectivity index (χ0v) is 18.5. The Balaban J connectivity index is 1.47. The van der Waals surface area contributed by atoms with Crippen molar-refractivity contribution in [2.75, 3.05) is 10.7 Å². The minimum Gasteiger partial charge on any atom is -0.298 e. The van der Waals surface area contributed by atoms with E-state index in [0.717, 1.165) is 22.6 Å².